The van der Waals surface area contributed by atoms with Gasteiger partial charge < -0.3 is 14.8 Å². The van der Waals surface area contributed by atoms with E-state index < -0.39 is 5.97 Å². The highest BCUT2D eigenvalue weighted by Gasteiger charge is 2.25. The maximum Gasteiger partial charge on any atom is 0.335 e. The van der Waals surface area contributed by atoms with Gasteiger partial charge in [-0.2, -0.15) is 0 Å². The molecule has 1 aromatic heterocycles. The Hall–Kier alpha value is -1.88. The van der Waals surface area contributed by atoms with E-state index in [1.54, 1.807) is 18.2 Å². The summed E-state index contributed by atoms with van der Waals surface area (Å²) < 4.78 is 2.08. The summed E-state index contributed by atoms with van der Waals surface area (Å²) in [7, 11) is 0. The normalized spacial score (nSPS) is 12.0. The van der Waals surface area contributed by atoms with Crippen molar-refractivity contribution in [2.45, 2.75) is 45.6 Å². The second-order valence-electron chi connectivity index (χ2n) is 5.91. The van der Waals surface area contributed by atoms with Crippen molar-refractivity contribution in [3.05, 3.63) is 29.6 Å². The lowest BCUT2D eigenvalue weighted by Crippen LogP contribution is -2.29. The second kappa shape index (κ2) is 5.85. The molecule has 0 amide bonds. The zero-order chi connectivity index (χ0) is 15.6. The number of rotatable bonds is 6. The average molecular weight is 290 g/mol. The third-order valence-corrected chi connectivity index (χ3v) is 3.77. The van der Waals surface area contributed by atoms with Crippen LogP contribution in [0.15, 0.2) is 18.2 Å². The number of hydrogen-bond donors (Lipinski definition) is 2. The summed E-state index contributed by atoms with van der Waals surface area (Å²) >= 11 is 0. The van der Waals surface area contributed by atoms with Gasteiger partial charge in [0.15, 0.2) is 0 Å². The van der Waals surface area contributed by atoms with Gasteiger partial charge in [0.1, 0.15) is 5.82 Å². The molecule has 0 spiro atoms. The van der Waals surface area contributed by atoms with Gasteiger partial charge in [0, 0.05) is 18.6 Å². The van der Waals surface area contributed by atoms with Crippen molar-refractivity contribution in [1.82, 2.24) is 9.55 Å². The molecule has 0 aliphatic rings. The highest BCUT2D eigenvalue weighted by molar-refractivity contribution is 5.92. The molecule has 0 aliphatic heterocycles. The van der Waals surface area contributed by atoms with Crippen LogP contribution in [0.25, 0.3) is 11.0 Å². The van der Waals surface area contributed by atoms with Crippen LogP contribution in [0, 0.1) is 0 Å². The van der Waals surface area contributed by atoms with Crippen LogP contribution in [0.2, 0.25) is 0 Å². The summed E-state index contributed by atoms with van der Waals surface area (Å²) in [5.74, 6) is -0.00450. The molecule has 0 unspecified atom stereocenters. The number of aromatic carboxylic acids is 1. The molecule has 0 fully saturated rings. The lowest BCUT2D eigenvalue weighted by molar-refractivity contribution is 0.0697. The first-order valence-electron chi connectivity index (χ1n) is 7.26. The fourth-order valence-electron chi connectivity index (χ4n) is 2.71. The minimum Gasteiger partial charge on any atom is -0.478 e. The Bertz CT molecular complexity index is 659. The van der Waals surface area contributed by atoms with E-state index in [0.717, 1.165) is 29.7 Å². The number of benzene rings is 1. The number of aliphatic hydroxyl groups is 1. The van der Waals surface area contributed by atoms with Crippen molar-refractivity contribution in [2.24, 2.45) is 0 Å². The van der Waals surface area contributed by atoms with E-state index in [2.05, 4.69) is 16.5 Å². The van der Waals surface area contributed by atoms with E-state index in [1.165, 1.54) is 0 Å². The minimum absolute atomic E-state index is 0.0802. The van der Waals surface area contributed by atoms with Gasteiger partial charge in [0.25, 0.3) is 0 Å². The molecule has 0 radical (unpaired) electrons. The van der Waals surface area contributed by atoms with Gasteiger partial charge >= 0.3 is 5.97 Å². The van der Waals surface area contributed by atoms with Crippen LogP contribution in [0.3, 0.4) is 0 Å². The molecule has 0 aliphatic carbocycles. The van der Waals surface area contributed by atoms with Crippen LogP contribution in [-0.2, 0) is 12.0 Å². The molecule has 0 saturated heterocycles. The molecule has 114 valence electrons. The smallest absolute Gasteiger partial charge is 0.335 e. The molecule has 0 saturated carbocycles. The summed E-state index contributed by atoms with van der Waals surface area (Å²) in [6.45, 7) is 6.25. The van der Waals surface area contributed by atoms with E-state index in [4.69, 9.17) is 0 Å². The van der Waals surface area contributed by atoms with Gasteiger partial charge in [-0.25, -0.2) is 9.78 Å². The maximum atomic E-state index is 11.2. The summed E-state index contributed by atoms with van der Waals surface area (Å²) in [4.78, 5) is 15.8. The van der Waals surface area contributed by atoms with E-state index in [0.29, 0.717) is 6.42 Å². The number of carboxylic acids is 1. The van der Waals surface area contributed by atoms with Crippen molar-refractivity contribution in [1.29, 1.82) is 0 Å². The molecule has 0 bridgehead atoms. The first kappa shape index (κ1) is 15.5. The first-order valence-corrected chi connectivity index (χ1v) is 7.26. The van der Waals surface area contributed by atoms with Crippen LogP contribution in [-0.4, -0.2) is 32.3 Å². The van der Waals surface area contributed by atoms with Gasteiger partial charge in [-0.1, -0.05) is 6.92 Å². The molecule has 1 aromatic carbocycles. The van der Waals surface area contributed by atoms with Crippen molar-refractivity contribution in [2.75, 3.05) is 6.61 Å². The van der Waals surface area contributed by atoms with Gasteiger partial charge in [0.05, 0.1) is 16.6 Å². The lowest BCUT2D eigenvalue weighted by Gasteiger charge is -2.29. The number of imidazole rings is 1. The molecule has 21 heavy (non-hydrogen) atoms. The van der Waals surface area contributed by atoms with Crippen molar-refractivity contribution >= 4 is 17.0 Å². The molecule has 2 aromatic rings. The van der Waals surface area contributed by atoms with E-state index in [1.807, 2.05) is 13.8 Å². The van der Waals surface area contributed by atoms with Crippen molar-refractivity contribution in [3.63, 3.8) is 0 Å². The highest BCUT2D eigenvalue weighted by atomic mass is 16.4. The minimum atomic E-state index is -0.943. The molecular weight excluding hydrogens is 268 g/mol. The Morgan fingerprint density at radius 2 is 2.10 bits per heavy atom. The maximum absolute atomic E-state index is 11.2. The molecule has 5 nitrogen and oxygen atoms in total. The molecular formula is C16H22N2O3. The Balaban J connectivity index is 2.70. The quantitative estimate of drug-likeness (QED) is 0.857. The zero-order valence-corrected chi connectivity index (χ0v) is 12.8. The molecule has 0 atom stereocenters. The van der Waals surface area contributed by atoms with Crippen molar-refractivity contribution < 1.29 is 15.0 Å². The standard InChI is InChI=1S/C16H22N2O3/c1-4-5-14-17-12-7-6-11(15(20)21)10-13(12)18(14)16(2,3)8-9-19/h6-7,10,19H,4-5,8-9H2,1-3H3,(H,20,21). The number of carboxylic acid groups (broad SMARTS) is 1. The van der Waals surface area contributed by atoms with Crippen molar-refractivity contribution in [3.8, 4) is 0 Å². The molecule has 2 N–H and O–H groups in total. The van der Waals surface area contributed by atoms with E-state index in [-0.39, 0.29) is 17.7 Å². The number of aryl methyl sites for hydroxylation is 1. The molecule has 2 rings (SSSR count). The SMILES string of the molecule is CCCc1nc2ccc(C(=O)O)cc2n1C(C)(C)CCO. The molecule has 5 heteroatoms. The number of carbonyl (C=O) groups is 1. The predicted molar refractivity (Wildman–Crippen MR) is 81.7 cm³/mol. The zero-order valence-electron chi connectivity index (χ0n) is 12.8. The Kier molecular flexibility index (Phi) is 4.32. The summed E-state index contributed by atoms with van der Waals surface area (Å²) in [6, 6.07) is 5.00. The summed E-state index contributed by atoms with van der Waals surface area (Å²) in [5, 5.41) is 18.5. The third-order valence-electron chi connectivity index (χ3n) is 3.77. The Morgan fingerprint density at radius 1 is 1.38 bits per heavy atom. The number of hydrogen-bond acceptors (Lipinski definition) is 3. The summed E-state index contributed by atoms with van der Waals surface area (Å²) in [5.41, 5.74) is 1.56. The molecule has 1 heterocycles. The predicted octanol–water partition coefficient (Wildman–Crippen LogP) is 2.80. The van der Waals surface area contributed by atoms with Gasteiger partial charge in [-0.05, 0) is 44.9 Å². The van der Waals surface area contributed by atoms with Gasteiger partial charge in [0.2, 0.25) is 0 Å². The van der Waals surface area contributed by atoms with Crippen LogP contribution in [0.1, 0.15) is 49.8 Å². The topological polar surface area (TPSA) is 75.3 Å². The van der Waals surface area contributed by atoms with Gasteiger partial charge in [-0.15, -0.1) is 0 Å². The number of nitrogens with zero attached hydrogens (tertiary/aromatic N) is 2. The number of fused-ring (bicyclic) bond motifs is 1. The van der Waals surface area contributed by atoms with Crippen LogP contribution in [0.5, 0.6) is 0 Å². The number of aliphatic hydroxyl groups excluding tert-OH is 1. The van der Waals surface area contributed by atoms with Gasteiger partial charge in [-0.3, -0.25) is 0 Å². The van der Waals surface area contributed by atoms with E-state index in [9.17, 15) is 15.0 Å². The Morgan fingerprint density at radius 3 is 2.67 bits per heavy atom. The Labute approximate surface area is 124 Å². The van der Waals surface area contributed by atoms with Crippen LogP contribution in [0.4, 0.5) is 0 Å². The average Bonchev–Trinajstić information content (AvgIpc) is 2.76. The fraction of sp³-hybridized carbons (Fsp3) is 0.500. The largest absolute Gasteiger partial charge is 0.478 e. The first-order chi connectivity index (χ1) is 9.90. The fourth-order valence-corrected chi connectivity index (χ4v) is 2.71. The monoisotopic (exact) mass is 290 g/mol. The number of aromatic nitrogens is 2. The lowest BCUT2D eigenvalue weighted by atomic mass is 9.99. The van der Waals surface area contributed by atoms with E-state index >= 15 is 0 Å². The summed E-state index contributed by atoms with van der Waals surface area (Å²) in [6.07, 6.45) is 2.38. The van der Waals surface area contributed by atoms with Crippen LogP contribution < -0.4 is 0 Å². The second-order valence-corrected chi connectivity index (χ2v) is 5.91. The third kappa shape index (κ3) is 2.93. The van der Waals surface area contributed by atoms with Crippen LogP contribution >= 0.6 is 0 Å². The highest BCUT2D eigenvalue weighted by Crippen LogP contribution is 2.29.